The van der Waals surface area contributed by atoms with E-state index < -0.39 is 0 Å². The van der Waals surface area contributed by atoms with Gasteiger partial charge in [0.05, 0.1) is 0 Å². The van der Waals surface area contributed by atoms with Crippen molar-refractivity contribution in [3.05, 3.63) is 23.5 Å². The lowest BCUT2D eigenvalue weighted by Gasteiger charge is -2.23. The second-order valence-electron chi connectivity index (χ2n) is 4.76. The molecule has 2 nitrogen and oxygen atoms in total. The minimum atomic E-state index is 0.281. The van der Waals surface area contributed by atoms with Crippen molar-refractivity contribution < 1.29 is 0 Å². The van der Waals surface area contributed by atoms with E-state index in [9.17, 15) is 0 Å². The van der Waals surface area contributed by atoms with Crippen LogP contribution >= 0.6 is 0 Å². The third-order valence-corrected chi connectivity index (χ3v) is 3.57. The Balaban J connectivity index is 2.26. The molecule has 2 rings (SSSR count). The topological polar surface area (TPSA) is 30.9 Å². The van der Waals surface area contributed by atoms with Gasteiger partial charge in [-0.3, -0.25) is 0 Å². The second kappa shape index (κ2) is 4.40. The van der Waals surface area contributed by atoms with Gasteiger partial charge in [0.2, 0.25) is 0 Å². The fraction of sp³-hybridized carbons (Fsp3) is 0.692. The van der Waals surface area contributed by atoms with Gasteiger partial charge in [-0.2, -0.15) is 0 Å². The Morgan fingerprint density at radius 1 is 1.60 bits per heavy atom. The van der Waals surface area contributed by atoms with Crippen LogP contribution in [0.2, 0.25) is 0 Å². The lowest BCUT2D eigenvalue weighted by Crippen LogP contribution is -2.19. The predicted octanol–water partition coefficient (Wildman–Crippen LogP) is 3.19. The zero-order valence-corrected chi connectivity index (χ0v) is 9.87. The van der Waals surface area contributed by atoms with Crippen LogP contribution in [0.4, 0.5) is 0 Å². The Bertz CT molecular complexity index is 327. The van der Waals surface area contributed by atoms with E-state index in [2.05, 4.69) is 30.7 Å². The highest BCUT2D eigenvalue weighted by molar-refractivity contribution is 5.28. The number of fused-ring (bicyclic) bond motifs is 1. The molecule has 2 atom stereocenters. The van der Waals surface area contributed by atoms with E-state index in [1.807, 2.05) is 0 Å². The molecule has 1 aromatic heterocycles. The van der Waals surface area contributed by atoms with E-state index in [1.54, 1.807) is 0 Å². The molecule has 1 heterocycles. The quantitative estimate of drug-likeness (QED) is 0.809. The first-order valence-electron chi connectivity index (χ1n) is 6.19. The van der Waals surface area contributed by atoms with Crippen LogP contribution < -0.4 is 5.73 Å². The molecule has 0 amide bonds. The van der Waals surface area contributed by atoms with Crippen molar-refractivity contribution in [1.29, 1.82) is 0 Å². The van der Waals surface area contributed by atoms with Gasteiger partial charge in [0, 0.05) is 24.0 Å². The lowest BCUT2D eigenvalue weighted by atomic mass is 9.93. The highest BCUT2D eigenvalue weighted by Crippen LogP contribution is 2.31. The third-order valence-electron chi connectivity index (χ3n) is 3.57. The van der Waals surface area contributed by atoms with Crippen LogP contribution in [0.25, 0.3) is 0 Å². The van der Waals surface area contributed by atoms with Crippen molar-refractivity contribution in [3.63, 3.8) is 0 Å². The van der Waals surface area contributed by atoms with Crippen LogP contribution in [0.15, 0.2) is 12.3 Å². The number of aromatic nitrogens is 1. The molecule has 2 unspecified atom stereocenters. The molecule has 2 N–H and O–H groups in total. The van der Waals surface area contributed by atoms with Crippen LogP contribution in [-0.4, -0.2) is 4.57 Å². The summed E-state index contributed by atoms with van der Waals surface area (Å²) in [4.78, 5) is 0. The molecule has 0 radical (unpaired) electrons. The Kier molecular flexibility index (Phi) is 3.15. The van der Waals surface area contributed by atoms with E-state index in [4.69, 9.17) is 5.73 Å². The summed E-state index contributed by atoms with van der Waals surface area (Å²) in [5.41, 5.74) is 9.01. The smallest absolute Gasteiger partial charge is 0.0312 e. The SMILES string of the molecule is CCCC(C)n1ccc2c1CCCC2N. The summed E-state index contributed by atoms with van der Waals surface area (Å²) in [6, 6.07) is 3.14. The normalized spacial score (nSPS) is 22.5. The zero-order chi connectivity index (χ0) is 10.8. The van der Waals surface area contributed by atoms with E-state index in [1.165, 1.54) is 36.9 Å². The minimum absolute atomic E-state index is 0.281. The molecule has 2 heteroatoms. The van der Waals surface area contributed by atoms with Gasteiger partial charge >= 0.3 is 0 Å². The molecule has 0 aromatic carbocycles. The van der Waals surface area contributed by atoms with Crippen molar-refractivity contribution in [2.75, 3.05) is 0 Å². The molecule has 1 aliphatic carbocycles. The van der Waals surface area contributed by atoms with Crippen molar-refractivity contribution >= 4 is 0 Å². The summed E-state index contributed by atoms with van der Waals surface area (Å²) in [6.07, 6.45) is 8.35. The van der Waals surface area contributed by atoms with E-state index >= 15 is 0 Å². The minimum Gasteiger partial charge on any atom is -0.348 e. The van der Waals surface area contributed by atoms with Gasteiger partial charge in [-0.1, -0.05) is 13.3 Å². The first-order valence-corrected chi connectivity index (χ1v) is 6.19. The molecular formula is C13H22N2. The molecule has 84 valence electrons. The average molecular weight is 206 g/mol. The highest BCUT2D eigenvalue weighted by atomic mass is 15.0. The molecule has 0 saturated carbocycles. The van der Waals surface area contributed by atoms with Crippen LogP contribution in [0.3, 0.4) is 0 Å². The fourth-order valence-electron chi connectivity index (χ4n) is 2.72. The van der Waals surface area contributed by atoms with Gasteiger partial charge in [0.15, 0.2) is 0 Å². The Morgan fingerprint density at radius 2 is 2.40 bits per heavy atom. The third kappa shape index (κ3) is 1.96. The number of rotatable bonds is 3. The predicted molar refractivity (Wildman–Crippen MR) is 63.9 cm³/mol. The highest BCUT2D eigenvalue weighted by Gasteiger charge is 2.21. The van der Waals surface area contributed by atoms with E-state index in [0.29, 0.717) is 6.04 Å². The summed E-state index contributed by atoms with van der Waals surface area (Å²) in [7, 11) is 0. The van der Waals surface area contributed by atoms with Gasteiger partial charge in [-0.25, -0.2) is 0 Å². The first-order chi connectivity index (χ1) is 7.24. The molecular weight excluding hydrogens is 184 g/mol. The summed E-state index contributed by atoms with van der Waals surface area (Å²) >= 11 is 0. The zero-order valence-electron chi connectivity index (χ0n) is 9.87. The van der Waals surface area contributed by atoms with Gasteiger partial charge in [0.25, 0.3) is 0 Å². The summed E-state index contributed by atoms with van der Waals surface area (Å²) < 4.78 is 2.44. The van der Waals surface area contributed by atoms with Gasteiger partial charge < -0.3 is 10.3 Å². The maximum atomic E-state index is 6.12. The van der Waals surface area contributed by atoms with Crippen LogP contribution in [0.5, 0.6) is 0 Å². The molecule has 15 heavy (non-hydrogen) atoms. The van der Waals surface area contributed by atoms with Gasteiger partial charge in [-0.05, 0) is 44.2 Å². The summed E-state index contributed by atoms with van der Waals surface area (Å²) in [6.45, 7) is 4.56. The number of nitrogens with two attached hydrogens (primary N) is 1. The maximum absolute atomic E-state index is 6.12. The average Bonchev–Trinajstić information content (AvgIpc) is 2.63. The van der Waals surface area contributed by atoms with Gasteiger partial charge in [0.1, 0.15) is 0 Å². The molecule has 1 aromatic rings. The van der Waals surface area contributed by atoms with E-state index in [0.717, 1.165) is 6.42 Å². The summed E-state index contributed by atoms with van der Waals surface area (Å²) in [5, 5.41) is 0. The monoisotopic (exact) mass is 206 g/mol. The van der Waals surface area contributed by atoms with Crippen molar-refractivity contribution in [2.24, 2.45) is 5.73 Å². The Hall–Kier alpha value is -0.760. The molecule has 1 aliphatic rings. The fourth-order valence-corrected chi connectivity index (χ4v) is 2.72. The molecule has 0 fully saturated rings. The van der Waals surface area contributed by atoms with Crippen LogP contribution in [-0.2, 0) is 6.42 Å². The number of nitrogens with zero attached hydrogens (tertiary/aromatic N) is 1. The lowest BCUT2D eigenvalue weighted by molar-refractivity contribution is 0.464. The number of hydrogen-bond donors (Lipinski definition) is 1. The maximum Gasteiger partial charge on any atom is 0.0312 e. The molecule has 0 spiro atoms. The van der Waals surface area contributed by atoms with E-state index in [-0.39, 0.29) is 6.04 Å². The van der Waals surface area contributed by atoms with Gasteiger partial charge in [-0.15, -0.1) is 0 Å². The van der Waals surface area contributed by atoms with Crippen LogP contribution in [0.1, 0.15) is 62.9 Å². The molecule has 0 aliphatic heterocycles. The standard InChI is InChI=1S/C13H22N2/c1-3-5-10(2)15-9-8-11-12(14)6-4-7-13(11)15/h8-10,12H,3-7,14H2,1-2H3. The first kappa shape index (κ1) is 10.7. The van der Waals surface area contributed by atoms with Crippen molar-refractivity contribution in [3.8, 4) is 0 Å². The molecule has 0 saturated heterocycles. The Morgan fingerprint density at radius 3 is 3.13 bits per heavy atom. The largest absolute Gasteiger partial charge is 0.348 e. The number of hydrogen-bond acceptors (Lipinski definition) is 1. The van der Waals surface area contributed by atoms with Crippen molar-refractivity contribution in [1.82, 2.24) is 4.57 Å². The molecule has 0 bridgehead atoms. The summed E-state index contributed by atoms with van der Waals surface area (Å²) in [5.74, 6) is 0. The van der Waals surface area contributed by atoms with Crippen molar-refractivity contribution in [2.45, 2.75) is 58.0 Å². The Labute approximate surface area is 92.5 Å². The second-order valence-corrected chi connectivity index (χ2v) is 4.76. The van der Waals surface area contributed by atoms with Crippen LogP contribution in [0, 0.1) is 0 Å².